The molecule has 0 unspecified atom stereocenters. The van der Waals surface area contributed by atoms with Gasteiger partial charge in [-0.1, -0.05) is 23.7 Å². The van der Waals surface area contributed by atoms with E-state index in [9.17, 15) is 5.11 Å². The smallest absolute Gasteiger partial charge is 0.168 e. The first-order valence-electron chi connectivity index (χ1n) is 4.81. The molecule has 0 radical (unpaired) electrons. The molecule has 0 atom stereocenters. The molecule has 2 rings (SSSR count). The Balaban J connectivity index is 2.00. The lowest BCUT2D eigenvalue weighted by atomic mass is 10.2. The predicted molar refractivity (Wildman–Crippen MR) is 66.4 cm³/mol. The second-order valence-electron chi connectivity index (χ2n) is 3.21. The molecule has 0 aliphatic rings. The molecule has 0 fully saturated rings. The minimum atomic E-state index is 0.195. The van der Waals surface area contributed by atoms with Crippen LogP contribution in [0.5, 0.6) is 5.75 Å². The fourth-order valence-electron chi connectivity index (χ4n) is 1.15. The van der Waals surface area contributed by atoms with E-state index >= 15 is 0 Å². The third kappa shape index (κ3) is 3.42. The van der Waals surface area contributed by atoms with Gasteiger partial charge in [0.05, 0.1) is 6.21 Å². The van der Waals surface area contributed by atoms with Crippen LogP contribution in [0.1, 0.15) is 5.56 Å². The quantitative estimate of drug-likeness (QED) is 0.646. The average Bonchev–Trinajstić information content (AvgIpc) is 2.32. The highest BCUT2D eigenvalue weighted by Crippen LogP contribution is 2.09. The molecule has 0 amide bonds. The van der Waals surface area contributed by atoms with E-state index in [-0.39, 0.29) is 5.75 Å². The maximum atomic E-state index is 9.24. The minimum absolute atomic E-state index is 0.195. The minimum Gasteiger partial charge on any atom is -0.508 e. The highest BCUT2D eigenvalue weighted by atomic mass is 35.5. The van der Waals surface area contributed by atoms with Crippen molar-refractivity contribution in [2.45, 2.75) is 0 Å². The summed E-state index contributed by atoms with van der Waals surface area (Å²) in [6, 6.07) is 10.0. The van der Waals surface area contributed by atoms with Gasteiger partial charge in [0.1, 0.15) is 5.75 Å². The fourth-order valence-corrected chi connectivity index (χ4v) is 1.25. The number of rotatable bonds is 3. The summed E-state index contributed by atoms with van der Waals surface area (Å²) >= 11 is 5.59. The molecule has 17 heavy (non-hydrogen) atoms. The Labute approximate surface area is 103 Å². The number of halogens is 1. The zero-order valence-corrected chi connectivity index (χ0v) is 9.46. The summed E-state index contributed by atoms with van der Waals surface area (Å²) in [5.74, 6) is 0.686. The molecular weight excluding hydrogens is 240 g/mol. The molecule has 0 saturated carbocycles. The molecule has 2 aromatic rings. The van der Waals surface area contributed by atoms with Crippen molar-refractivity contribution in [1.29, 1.82) is 0 Å². The molecule has 0 aliphatic heterocycles. The van der Waals surface area contributed by atoms with E-state index in [0.717, 1.165) is 5.56 Å². The highest BCUT2D eigenvalue weighted by Gasteiger charge is 1.93. The number of aromatic hydroxyl groups is 1. The summed E-state index contributed by atoms with van der Waals surface area (Å²) in [6.07, 6.45) is 1.57. The number of phenols is 1. The second kappa shape index (κ2) is 5.27. The Bertz CT molecular complexity index is 527. The maximum absolute atomic E-state index is 9.24. The van der Waals surface area contributed by atoms with E-state index < -0.39 is 0 Å². The zero-order valence-electron chi connectivity index (χ0n) is 8.71. The van der Waals surface area contributed by atoms with Crippen LogP contribution in [0.15, 0.2) is 41.5 Å². The van der Waals surface area contributed by atoms with E-state index in [2.05, 4.69) is 20.7 Å². The van der Waals surface area contributed by atoms with Crippen molar-refractivity contribution in [2.75, 3.05) is 5.43 Å². The molecule has 86 valence electrons. The van der Waals surface area contributed by atoms with Crippen molar-refractivity contribution in [2.24, 2.45) is 5.10 Å². The van der Waals surface area contributed by atoms with Crippen molar-refractivity contribution in [1.82, 2.24) is 10.2 Å². The third-order valence-corrected chi connectivity index (χ3v) is 2.10. The van der Waals surface area contributed by atoms with Gasteiger partial charge in [-0.2, -0.15) is 5.10 Å². The molecule has 2 N–H and O–H groups in total. The van der Waals surface area contributed by atoms with E-state index in [1.807, 2.05) is 6.07 Å². The molecular formula is C11H9ClN4O. The third-order valence-electron chi connectivity index (χ3n) is 1.89. The summed E-state index contributed by atoms with van der Waals surface area (Å²) in [4.78, 5) is 0. The number of hydrazone groups is 1. The number of hydrogen-bond acceptors (Lipinski definition) is 5. The number of nitrogens with one attached hydrogen (secondary N) is 1. The Morgan fingerprint density at radius 3 is 2.82 bits per heavy atom. The number of benzene rings is 1. The molecule has 1 aromatic heterocycles. The molecule has 6 heteroatoms. The predicted octanol–water partition coefficient (Wildman–Crippen LogP) is 2.28. The topological polar surface area (TPSA) is 70.4 Å². The molecule has 0 bridgehead atoms. The number of hydrogen-bond donors (Lipinski definition) is 2. The average molecular weight is 249 g/mol. The van der Waals surface area contributed by atoms with Crippen molar-refractivity contribution in [3.8, 4) is 5.75 Å². The Morgan fingerprint density at radius 1 is 1.24 bits per heavy atom. The van der Waals surface area contributed by atoms with Gasteiger partial charge in [-0.15, -0.1) is 10.2 Å². The van der Waals surface area contributed by atoms with Gasteiger partial charge in [0.15, 0.2) is 11.0 Å². The molecule has 5 nitrogen and oxygen atoms in total. The molecule has 0 spiro atoms. The Kier molecular flexibility index (Phi) is 3.52. The van der Waals surface area contributed by atoms with Gasteiger partial charge < -0.3 is 5.11 Å². The van der Waals surface area contributed by atoms with E-state index in [4.69, 9.17) is 11.6 Å². The number of phenolic OH excluding ortho intramolecular Hbond substituents is 1. The zero-order chi connectivity index (χ0) is 12.1. The summed E-state index contributed by atoms with van der Waals surface area (Å²) in [5.41, 5.74) is 3.47. The fraction of sp³-hybridized carbons (Fsp3) is 0. The van der Waals surface area contributed by atoms with Crippen molar-refractivity contribution in [3.05, 3.63) is 47.1 Å². The summed E-state index contributed by atoms with van der Waals surface area (Å²) in [5, 5.41) is 20.9. The lowest BCUT2D eigenvalue weighted by Gasteiger charge is -1.97. The summed E-state index contributed by atoms with van der Waals surface area (Å²) < 4.78 is 0. The van der Waals surface area contributed by atoms with Crippen LogP contribution in [-0.2, 0) is 0 Å². The van der Waals surface area contributed by atoms with Gasteiger partial charge in [0, 0.05) is 0 Å². The lowest BCUT2D eigenvalue weighted by molar-refractivity contribution is 0.475. The monoisotopic (exact) mass is 248 g/mol. The van der Waals surface area contributed by atoms with Crippen molar-refractivity contribution >= 4 is 23.6 Å². The van der Waals surface area contributed by atoms with Crippen LogP contribution in [0, 0.1) is 0 Å². The lowest BCUT2D eigenvalue weighted by Crippen LogP contribution is -1.94. The Hall–Kier alpha value is -2.14. The molecule has 1 heterocycles. The van der Waals surface area contributed by atoms with Crippen LogP contribution in [0.3, 0.4) is 0 Å². The van der Waals surface area contributed by atoms with Gasteiger partial charge in [-0.3, -0.25) is 5.43 Å². The Morgan fingerprint density at radius 2 is 2.12 bits per heavy atom. The van der Waals surface area contributed by atoms with Crippen LogP contribution in [0.25, 0.3) is 0 Å². The summed E-state index contributed by atoms with van der Waals surface area (Å²) in [7, 11) is 0. The largest absolute Gasteiger partial charge is 0.508 e. The van der Waals surface area contributed by atoms with Crippen molar-refractivity contribution < 1.29 is 5.11 Å². The normalized spacial score (nSPS) is 10.6. The number of nitrogens with zero attached hydrogens (tertiary/aromatic N) is 3. The summed E-state index contributed by atoms with van der Waals surface area (Å²) in [6.45, 7) is 0. The van der Waals surface area contributed by atoms with Crippen LogP contribution < -0.4 is 5.43 Å². The van der Waals surface area contributed by atoms with Gasteiger partial charge in [-0.25, -0.2) is 0 Å². The van der Waals surface area contributed by atoms with Gasteiger partial charge >= 0.3 is 0 Å². The first-order chi connectivity index (χ1) is 8.24. The number of aromatic nitrogens is 2. The molecule has 1 aromatic carbocycles. The molecule has 0 saturated heterocycles. The van der Waals surface area contributed by atoms with Gasteiger partial charge in [-0.05, 0) is 29.8 Å². The second-order valence-corrected chi connectivity index (χ2v) is 3.59. The molecule has 0 aliphatic carbocycles. The number of anilines is 1. The van der Waals surface area contributed by atoms with E-state index in [1.54, 1.807) is 36.5 Å². The van der Waals surface area contributed by atoms with Crippen LogP contribution >= 0.6 is 11.6 Å². The standard InChI is InChI=1S/C11H9ClN4O/c12-10-4-5-11(16-14-10)15-13-7-8-2-1-3-9(17)6-8/h1-7,17H,(H,15,16)/b13-7-. The maximum Gasteiger partial charge on any atom is 0.168 e. The van der Waals surface area contributed by atoms with E-state index in [1.165, 1.54) is 0 Å². The highest BCUT2D eigenvalue weighted by molar-refractivity contribution is 6.29. The first-order valence-corrected chi connectivity index (χ1v) is 5.19. The van der Waals surface area contributed by atoms with E-state index in [0.29, 0.717) is 11.0 Å². The van der Waals surface area contributed by atoms with Gasteiger partial charge in [0.25, 0.3) is 0 Å². The van der Waals surface area contributed by atoms with Crippen LogP contribution in [0.4, 0.5) is 5.82 Å². The van der Waals surface area contributed by atoms with Gasteiger partial charge in [0.2, 0.25) is 0 Å². The first kappa shape index (κ1) is 11.3. The SMILES string of the molecule is Oc1cccc(/C=N\Nc2ccc(Cl)nn2)c1. The van der Waals surface area contributed by atoms with Crippen molar-refractivity contribution in [3.63, 3.8) is 0 Å². The van der Waals surface area contributed by atoms with Crippen LogP contribution in [-0.4, -0.2) is 21.5 Å². The van der Waals surface area contributed by atoms with Crippen LogP contribution in [0.2, 0.25) is 5.15 Å².